The number of nitrogens with one attached hydrogen (secondary N) is 2. The van der Waals surface area contributed by atoms with Crippen LogP contribution in [-0.2, 0) is 11.2 Å². The lowest BCUT2D eigenvalue weighted by molar-refractivity contribution is -0.119. The molecule has 98 heavy (non-hydrogen) atoms. The van der Waals surface area contributed by atoms with Crippen molar-refractivity contribution in [1.82, 2.24) is 29.5 Å². The Hall–Kier alpha value is -9.92. The summed E-state index contributed by atoms with van der Waals surface area (Å²) in [6.45, 7) is 36.8. The van der Waals surface area contributed by atoms with Gasteiger partial charge in [-0.3, -0.25) is 33.8 Å². The minimum absolute atomic E-state index is 0.141. The number of carbonyl (C=O) groups excluding carboxylic acids is 6. The van der Waals surface area contributed by atoms with E-state index in [4.69, 9.17) is 0 Å². The van der Waals surface area contributed by atoms with Crippen LogP contribution in [0.15, 0.2) is 212 Å². The number of Topliss-reactive ketones (excluding diaryl/α,β-unsaturated/α-hetero) is 6. The molecule has 5 aromatic heterocycles. The molecule has 0 bridgehead atoms. The molecule has 0 radical (unpaired) electrons. The van der Waals surface area contributed by atoms with Crippen LogP contribution in [0.5, 0.6) is 0 Å². The number of H-pyrrole nitrogens is 2. The highest BCUT2D eigenvalue weighted by Gasteiger charge is 2.31. The lowest BCUT2D eigenvalue weighted by Gasteiger charge is -2.19. The van der Waals surface area contributed by atoms with Crippen LogP contribution in [0, 0.1) is 39.4 Å². The third-order valence-corrected chi connectivity index (χ3v) is 16.8. The molecule has 0 atom stereocenters. The molecule has 6 heterocycles. The van der Waals surface area contributed by atoms with Crippen molar-refractivity contribution in [2.45, 2.75) is 138 Å². The van der Waals surface area contributed by atoms with Crippen LogP contribution in [-0.4, -0.2) is 69.9 Å². The summed E-state index contributed by atoms with van der Waals surface area (Å²) in [6, 6.07) is 54.5. The fourth-order valence-corrected chi connectivity index (χ4v) is 11.3. The summed E-state index contributed by atoms with van der Waals surface area (Å²) in [6.07, 6.45) is 11.5. The first-order chi connectivity index (χ1) is 45.8. The maximum absolute atomic E-state index is 12.3. The molecule has 1 aliphatic heterocycles. The molecule has 0 fully saturated rings. The van der Waals surface area contributed by atoms with E-state index in [2.05, 4.69) is 29.9 Å². The average Bonchev–Trinajstić information content (AvgIpc) is 1.72. The first-order valence-corrected chi connectivity index (χ1v) is 33.8. The quantitative estimate of drug-likeness (QED) is 0.132. The summed E-state index contributed by atoms with van der Waals surface area (Å²) in [4.78, 5) is 97.1. The van der Waals surface area contributed by atoms with Crippen LogP contribution in [0.25, 0.3) is 49.3 Å². The number of aliphatic imine (C=N–C) groups is 1. The molecule has 508 valence electrons. The summed E-state index contributed by atoms with van der Waals surface area (Å²) >= 11 is 1.49. The van der Waals surface area contributed by atoms with Crippen molar-refractivity contribution in [1.29, 1.82) is 0 Å². The van der Waals surface area contributed by atoms with Crippen LogP contribution >= 0.6 is 11.3 Å². The molecule has 6 aromatic carbocycles. The van der Waals surface area contributed by atoms with Crippen LogP contribution in [0.2, 0.25) is 0 Å². The van der Waals surface area contributed by atoms with Gasteiger partial charge in [0.05, 0.1) is 39.7 Å². The normalized spacial score (nSPS) is 12.1. The van der Waals surface area contributed by atoms with E-state index in [-0.39, 0.29) is 67.2 Å². The van der Waals surface area contributed by atoms with Crippen LogP contribution in [0.1, 0.15) is 187 Å². The minimum Gasteiger partial charge on any atom is -0.361 e. The summed E-state index contributed by atoms with van der Waals surface area (Å²) in [5, 5.41) is 3.14. The zero-order valence-electron chi connectivity index (χ0n) is 60.4. The Morgan fingerprint density at radius 3 is 1.56 bits per heavy atom. The van der Waals surface area contributed by atoms with E-state index in [9.17, 15) is 28.8 Å². The van der Waals surface area contributed by atoms with Gasteiger partial charge in [-0.25, -0.2) is 15.0 Å². The monoisotopic (exact) mass is 1330 g/mol. The maximum Gasteiger partial charge on any atom is 0.182 e. The molecule has 1 aliphatic rings. The van der Waals surface area contributed by atoms with Gasteiger partial charge in [-0.05, 0) is 90.7 Å². The number of hydrogen-bond donors (Lipinski definition) is 2. The molecule has 14 heteroatoms. The third-order valence-electron chi connectivity index (χ3n) is 15.6. The van der Waals surface area contributed by atoms with Gasteiger partial charge in [0.15, 0.2) is 34.7 Å². The van der Waals surface area contributed by atoms with Crippen LogP contribution < -0.4 is 0 Å². The van der Waals surface area contributed by atoms with Gasteiger partial charge in [0.25, 0.3) is 0 Å². The SMILES string of the molecule is CC(C)(C)C(=O)C1=Nc2ccccc2C1.CC(C)(C)C(=O)c1ccc2[nH]ccc2c1.CC(C)(C)C(=O)c1ccc2cc[nH]c2c1.CC(C)(C)C(=O)c1cccc(-c2ccccn2)c1.CC(C)(C)C(=O)c1ccccc1-n1ccnc1.Cc1nc(-c2ccccc2)sc1C(=O)C(C)(C)C. The summed E-state index contributed by atoms with van der Waals surface area (Å²) in [5.74, 6) is 0.977. The Balaban J connectivity index is 0.000000166. The predicted molar refractivity (Wildman–Crippen MR) is 403 cm³/mol. The maximum atomic E-state index is 12.3. The first-order valence-electron chi connectivity index (χ1n) is 33.0. The number of benzene rings is 6. The fraction of sp³-hybridized carbons (Fsp3) is 0.310. The van der Waals surface area contributed by atoms with Crippen LogP contribution in [0.4, 0.5) is 5.69 Å². The van der Waals surface area contributed by atoms with Crippen molar-refractivity contribution in [3.8, 4) is 27.5 Å². The molecular formula is C84H95N7O6S. The van der Waals surface area contributed by atoms with Crippen molar-refractivity contribution < 1.29 is 28.8 Å². The number of carbonyl (C=O) groups is 6. The van der Waals surface area contributed by atoms with Crippen molar-refractivity contribution in [3.05, 3.63) is 246 Å². The molecular weight excluding hydrogens is 1240 g/mol. The van der Waals surface area contributed by atoms with Crippen LogP contribution in [0.3, 0.4) is 0 Å². The number of aromatic nitrogens is 6. The highest BCUT2D eigenvalue weighted by molar-refractivity contribution is 7.17. The number of imidazole rings is 1. The van der Waals surface area contributed by atoms with E-state index in [0.29, 0.717) is 12.1 Å². The topological polar surface area (TPSA) is 190 Å². The summed E-state index contributed by atoms with van der Waals surface area (Å²) < 4.78 is 1.86. The largest absolute Gasteiger partial charge is 0.361 e. The lowest BCUT2D eigenvalue weighted by atomic mass is 9.86. The Morgan fingerprint density at radius 1 is 0.449 bits per heavy atom. The molecule has 12 rings (SSSR count). The smallest absolute Gasteiger partial charge is 0.182 e. The zero-order valence-corrected chi connectivity index (χ0v) is 61.2. The number of aromatic amines is 2. The number of hydrogen-bond acceptors (Lipinski definition) is 11. The highest BCUT2D eigenvalue weighted by atomic mass is 32.1. The molecule has 0 saturated carbocycles. The molecule has 0 amide bonds. The summed E-state index contributed by atoms with van der Waals surface area (Å²) in [7, 11) is 0. The number of ketones is 6. The van der Waals surface area contributed by atoms with Crippen molar-refractivity contribution in [3.63, 3.8) is 0 Å². The van der Waals surface area contributed by atoms with Gasteiger partial charge in [0, 0.05) is 120 Å². The lowest BCUT2D eigenvalue weighted by Crippen LogP contribution is -2.28. The number of nitrogens with zero attached hydrogens (tertiary/aromatic N) is 5. The molecule has 13 nitrogen and oxygen atoms in total. The van der Waals surface area contributed by atoms with Gasteiger partial charge < -0.3 is 14.5 Å². The van der Waals surface area contributed by atoms with Gasteiger partial charge in [0.1, 0.15) is 5.01 Å². The van der Waals surface area contributed by atoms with E-state index in [1.807, 2.05) is 325 Å². The second kappa shape index (κ2) is 31.5. The van der Waals surface area contributed by atoms with E-state index in [0.717, 1.165) is 93.4 Å². The number of thiazole rings is 1. The molecule has 2 N–H and O–H groups in total. The minimum atomic E-state index is -0.378. The van der Waals surface area contributed by atoms with Crippen molar-refractivity contribution >= 4 is 79.2 Å². The van der Waals surface area contributed by atoms with Gasteiger partial charge in [-0.15, -0.1) is 11.3 Å². The van der Waals surface area contributed by atoms with Gasteiger partial charge in [0.2, 0.25) is 0 Å². The average molecular weight is 1330 g/mol. The van der Waals surface area contributed by atoms with Crippen molar-refractivity contribution in [2.75, 3.05) is 0 Å². The predicted octanol–water partition coefficient (Wildman–Crippen LogP) is 21.1. The molecule has 0 unspecified atom stereocenters. The Kier molecular flexibility index (Phi) is 24.3. The fourth-order valence-electron chi connectivity index (χ4n) is 10.1. The second-order valence-electron chi connectivity index (χ2n) is 30.5. The highest BCUT2D eigenvalue weighted by Crippen LogP contribution is 2.34. The van der Waals surface area contributed by atoms with E-state index in [1.165, 1.54) is 11.3 Å². The van der Waals surface area contributed by atoms with Gasteiger partial charge in [-0.2, -0.15) is 0 Å². The zero-order chi connectivity index (χ0) is 72.1. The van der Waals surface area contributed by atoms with Gasteiger partial charge in [-0.1, -0.05) is 222 Å². The number of rotatable bonds is 9. The summed E-state index contributed by atoms with van der Waals surface area (Å²) in [5.41, 5.74) is 10.5. The molecule has 0 saturated heterocycles. The Labute approximate surface area is 582 Å². The molecule has 11 aromatic rings. The Morgan fingerprint density at radius 2 is 0.980 bits per heavy atom. The standard InChI is InChI=1S/C16H17NO.C15H17NOS.C14H16N2O.3C13H15NO/c1-16(2,3)15(18)13-8-6-7-12(11-13)14-9-4-5-10-17-14;1-10-12(13(17)15(2,3)4)18-14(16-10)11-8-6-5-7-9-11;1-14(2,3)13(17)11-6-4-5-7-12(11)16-9-8-15-10-16;1-13(2,3)12(15)10-4-5-11-9(8-10)6-7-14-11;1-13(2,3)12(15)10-5-4-9-6-7-14-11(9)8-10;1-13(2,3)12(15)11-8-9-6-4-5-7-10(9)14-11/h4-11H,1-3H3;5-9H,1-4H3;4-10H,1-3H3;2*4-8,14H,1-3H3;4-7H,8H2,1-3H3. The number of para-hydroxylation sites is 2. The first kappa shape index (κ1) is 75.5. The van der Waals surface area contributed by atoms with E-state index < -0.39 is 0 Å². The van der Waals surface area contributed by atoms with E-state index >= 15 is 0 Å². The van der Waals surface area contributed by atoms with E-state index in [1.54, 1.807) is 18.7 Å². The number of pyridine rings is 1. The third kappa shape index (κ3) is 20.3. The molecule has 0 aliphatic carbocycles. The van der Waals surface area contributed by atoms with Gasteiger partial charge >= 0.3 is 0 Å². The Bertz CT molecular complexity index is 4510. The van der Waals surface area contributed by atoms with Crippen molar-refractivity contribution in [2.24, 2.45) is 37.5 Å². The second-order valence-corrected chi connectivity index (χ2v) is 31.5. The number of fused-ring (bicyclic) bond motifs is 3. The number of aryl methyl sites for hydroxylation is 1. The molecule has 0 spiro atoms.